The molecule has 6 aromatic carbocycles. The highest BCUT2D eigenvalue weighted by Gasteiger charge is 2.12. The first-order valence-electron chi connectivity index (χ1n) is 9.25. The Balaban J connectivity index is 2.01. The van der Waals surface area contributed by atoms with E-state index in [1.807, 2.05) is 0 Å². The minimum atomic E-state index is 1.11. The van der Waals surface area contributed by atoms with Gasteiger partial charge in [0.2, 0.25) is 0 Å². The Labute approximate surface area is 179 Å². The molecule has 0 spiro atoms. The van der Waals surface area contributed by atoms with Gasteiger partial charge in [-0.2, -0.15) is 0 Å². The molecule has 2 heteroatoms. The Morgan fingerprint density at radius 2 is 0.679 bits per heavy atom. The number of benzene rings is 6. The van der Waals surface area contributed by atoms with Crippen LogP contribution in [0.15, 0.2) is 93.9 Å². The molecular weight excluding hydrogens is 472 g/mol. The van der Waals surface area contributed by atoms with Crippen LogP contribution in [0.4, 0.5) is 0 Å². The SMILES string of the molecule is Brc1ccc2ccc3ccc4ccc5ccc6ccc(Br)cc6c5c4c3c2c1. The van der Waals surface area contributed by atoms with E-state index in [0.29, 0.717) is 0 Å². The summed E-state index contributed by atoms with van der Waals surface area (Å²) in [6.45, 7) is 0. The number of hydrogen-bond donors (Lipinski definition) is 0. The maximum Gasteiger partial charge on any atom is 0.0181 e. The molecule has 6 rings (SSSR count). The predicted molar refractivity (Wildman–Crippen MR) is 129 cm³/mol. The van der Waals surface area contributed by atoms with E-state index in [1.165, 1.54) is 53.9 Å². The van der Waals surface area contributed by atoms with E-state index in [1.54, 1.807) is 0 Å². The fraction of sp³-hybridized carbons (Fsp3) is 0. The fourth-order valence-corrected chi connectivity index (χ4v) is 5.17. The second-order valence-corrected chi connectivity index (χ2v) is 9.12. The summed E-state index contributed by atoms with van der Waals surface area (Å²) in [7, 11) is 0. The number of hydrogen-bond acceptors (Lipinski definition) is 0. The molecule has 0 amide bonds. The summed E-state index contributed by atoms with van der Waals surface area (Å²) >= 11 is 7.35. The van der Waals surface area contributed by atoms with Gasteiger partial charge in [0, 0.05) is 8.95 Å². The van der Waals surface area contributed by atoms with Gasteiger partial charge in [-0.15, -0.1) is 0 Å². The third-order valence-corrected chi connectivity index (χ3v) is 6.69. The van der Waals surface area contributed by atoms with E-state index in [0.717, 1.165) is 8.95 Å². The van der Waals surface area contributed by atoms with Crippen LogP contribution in [0.5, 0.6) is 0 Å². The topological polar surface area (TPSA) is 0 Å². The average Bonchev–Trinajstić information content (AvgIpc) is 2.72. The molecule has 0 aliphatic heterocycles. The van der Waals surface area contributed by atoms with Crippen LogP contribution in [0.25, 0.3) is 53.9 Å². The minimum Gasteiger partial charge on any atom is -0.0537 e. The lowest BCUT2D eigenvalue weighted by molar-refractivity contribution is 1.73. The van der Waals surface area contributed by atoms with Crippen LogP contribution in [0.2, 0.25) is 0 Å². The van der Waals surface area contributed by atoms with E-state index in [2.05, 4.69) is 117 Å². The highest BCUT2D eigenvalue weighted by atomic mass is 79.9. The van der Waals surface area contributed by atoms with Gasteiger partial charge >= 0.3 is 0 Å². The monoisotopic (exact) mass is 484 g/mol. The maximum atomic E-state index is 3.68. The fourth-order valence-electron chi connectivity index (χ4n) is 4.45. The molecule has 0 nitrogen and oxygen atoms in total. The first-order chi connectivity index (χ1) is 13.7. The highest BCUT2D eigenvalue weighted by molar-refractivity contribution is 9.10. The van der Waals surface area contributed by atoms with Crippen LogP contribution in [-0.4, -0.2) is 0 Å². The molecule has 0 aromatic heterocycles. The Bertz CT molecular complexity index is 1450. The van der Waals surface area contributed by atoms with Gasteiger partial charge in [-0.25, -0.2) is 0 Å². The summed E-state index contributed by atoms with van der Waals surface area (Å²) in [4.78, 5) is 0. The van der Waals surface area contributed by atoms with Gasteiger partial charge in [0.25, 0.3) is 0 Å². The molecule has 0 aliphatic rings. The van der Waals surface area contributed by atoms with Crippen LogP contribution < -0.4 is 0 Å². The number of rotatable bonds is 0. The predicted octanol–water partition coefficient (Wildman–Crippen LogP) is 8.98. The molecule has 0 aliphatic carbocycles. The normalized spacial score (nSPS) is 11.9. The molecule has 0 radical (unpaired) electrons. The third-order valence-electron chi connectivity index (χ3n) is 5.71. The van der Waals surface area contributed by atoms with Crippen LogP contribution in [0, 0.1) is 0 Å². The molecule has 0 saturated heterocycles. The van der Waals surface area contributed by atoms with Gasteiger partial charge < -0.3 is 0 Å². The van der Waals surface area contributed by atoms with Gasteiger partial charge in [-0.05, 0) is 78.1 Å². The van der Waals surface area contributed by atoms with Gasteiger partial charge in [0.1, 0.15) is 0 Å². The van der Waals surface area contributed by atoms with Gasteiger partial charge in [-0.1, -0.05) is 92.5 Å². The molecular formula is C26H14Br2. The van der Waals surface area contributed by atoms with Crippen LogP contribution in [-0.2, 0) is 0 Å². The van der Waals surface area contributed by atoms with E-state index in [4.69, 9.17) is 0 Å². The van der Waals surface area contributed by atoms with Crippen molar-refractivity contribution in [1.82, 2.24) is 0 Å². The van der Waals surface area contributed by atoms with Crippen molar-refractivity contribution in [1.29, 1.82) is 0 Å². The van der Waals surface area contributed by atoms with Crippen molar-refractivity contribution in [2.24, 2.45) is 0 Å². The van der Waals surface area contributed by atoms with E-state index < -0.39 is 0 Å². The molecule has 6 aromatic rings. The summed E-state index contributed by atoms with van der Waals surface area (Å²) in [6, 6.07) is 31.0. The molecule has 0 saturated carbocycles. The second kappa shape index (κ2) is 6.04. The summed E-state index contributed by atoms with van der Waals surface area (Å²) in [6.07, 6.45) is 0. The lowest BCUT2D eigenvalue weighted by Crippen LogP contribution is -1.85. The van der Waals surface area contributed by atoms with Crippen molar-refractivity contribution in [2.45, 2.75) is 0 Å². The quantitative estimate of drug-likeness (QED) is 0.188. The lowest BCUT2D eigenvalue weighted by atomic mass is 9.91. The molecule has 0 bridgehead atoms. The summed E-state index contributed by atoms with van der Waals surface area (Å²) < 4.78 is 2.22. The van der Waals surface area contributed by atoms with Crippen molar-refractivity contribution in [3.05, 3.63) is 93.9 Å². The van der Waals surface area contributed by atoms with Gasteiger partial charge in [0.05, 0.1) is 0 Å². The van der Waals surface area contributed by atoms with Gasteiger partial charge in [-0.3, -0.25) is 0 Å². The zero-order valence-corrected chi connectivity index (χ0v) is 18.0. The van der Waals surface area contributed by atoms with E-state index >= 15 is 0 Å². The molecule has 0 N–H and O–H groups in total. The lowest BCUT2D eigenvalue weighted by Gasteiger charge is -2.13. The zero-order valence-electron chi connectivity index (χ0n) is 14.8. The molecule has 0 unspecified atom stereocenters. The molecule has 28 heavy (non-hydrogen) atoms. The van der Waals surface area contributed by atoms with Crippen LogP contribution in [0.1, 0.15) is 0 Å². The Morgan fingerprint density at radius 3 is 1.11 bits per heavy atom. The van der Waals surface area contributed by atoms with Crippen molar-refractivity contribution >= 4 is 85.7 Å². The van der Waals surface area contributed by atoms with Crippen LogP contribution in [0.3, 0.4) is 0 Å². The molecule has 0 fully saturated rings. The van der Waals surface area contributed by atoms with Gasteiger partial charge in [0.15, 0.2) is 0 Å². The largest absolute Gasteiger partial charge is 0.0537 e. The third kappa shape index (κ3) is 2.35. The number of halogens is 2. The first kappa shape index (κ1) is 16.5. The van der Waals surface area contributed by atoms with E-state index in [-0.39, 0.29) is 0 Å². The summed E-state index contributed by atoms with van der Waals surface area (Å²) in [5.74, 6) is 0. The summed E-state index contributed by atoms with van der Waals surface area (Å²) in [5, 5.41) is 12.9. The first-order valence-corrected chi connectivity index (χ1v) is 10.8. The zero-order chi connectivity index (χ0) is 18.8. The average molecular weight is 486 g/mol. The van der Waals surface area contributed by atoms with Crippen molar-refractivity contribution < 1.29 is 0 Å². The highest BCUT2D eigenvalue weighted by Crippen LogP contribution is 2.40. The molecule has 0 atom stereocenters. The molecule has 132 valence electrons. The summed E-state index contributed by atoms with van der Waals surface area (Å²) in [5.41, 5.74) is 0. The van der Waals surface area contributed by atoms with Crippen LogP contribution >= 0.6 is 31.9 Å². The smallest absolute Gasteiger partial charge is 0.0181 e. The van der Waals surface area contributed by atoms with Crippen molar-refractivity contribution in [3.63, 3.8) is 0 Å². The Morgan fingerprint density at radius 1 is 0.357 bits per heavy atom. The molecule has 0 heterocycles. The Hall–Kier alpha value is -2.42. The van der Waals surface area contributed by atoms with Crippen molar-refractivity contribution in [2.75, 3.05) is 0 Å². The maximum absolute atomic E-state index is 3.68. The van der Waals surface area contributed by atoms with Crippen molar-refractivity contribution in [3.8, 4) is 0 Å². The van der Waals surface area contributed by atoms with E-state index in [9.17, 15) is 0 Å². The standard InChI is InChI=1S/C26H14Br2/c27-20-11-9-15-1-3-17-5-7-19-8-6-18-4-2-16-10-12-21(28)14-23(16)25(18)26(19)24(17)22(15)13-20/h1-14H. The Kier molecular flexibility index (Phi) is 3.56. The minimum absolute atomic E-state index is 1.11. The number of fused-ring (bicyclic) bond motifs is 9. The second-order valence-electron chi connectivity index (χ2n) is 7.29.